The first-order chi connectivity index (χ1) is 12.8. The number of hydrogen-bond acceptors (Lipinski definition) is 1. The van der Waals surface area contributed by atoms with Crippen LogP contribution in [0.3, 0.4) is 0 Å². The Bertz CT molecular complexity index is 1030. The lowest BCUT2D eigenvalue weighted by Crippen LogP contribution is -1.97. The second-order valence-corrected chi connectivity index (χ2v) is 7.23. The molecule has 0 fully saturated rings. The third kappa shape index (κ3) is 3.78. The van der Waals surface area contributed by atoms with E-state index in [0.717, 1.165) is 16.6 Å². The highest BCUT2D eigenvalue weighted by Gasteiger charge is 2.08. The van der Waals surface area contributed by atoms with Crippen LogP contribution in [0, 0.1) is 0 Å². The number of fused-ring (bicyclic) bond motifs is 1. The van der Waals surface area contributed by atoms with Crippen LogP contribution in [0.4, 0.5) is 0 Å². The second-order valence-electron chi connectivity index (χ2n) is 6.31. The van der Waals surface area contributed by atoms with Gasteiger partial charge in [-0.3, -0.25) is 4.99 Å². The molecule has 0 radical (unpaired) electrons. The zero-order valence-electron chi connectivity index (χ0n) is 14.3. The van der Waals surface area contributed by atoms with Gasteiger partial charge in [0, 0.05) is 39.9 Å². The zero-order chi connectivity index (χ0) is 17.8. The highest BCUT2D eigenvalue weighted by molar-refractivity contribution is 9.10. The summed E-state index contributed by atoms with van der Waals surface area (Å²) in [6, 6.07) is 27.3. The number of aromatic nitrogens is 1. The van der Waals surface area contributed by atoms with Crippen molar-refractivity contribution >= 4 is 33.0 Å². The highest BCUT2D eigenvalue weighted by Crippen LogP contribution is 2.25. The Morgan fingerprint density at radius 1 is 0.846 bits per heavy atom. The molecule has 3 heteroatoms. The van der Waals surface area contributed by atoms with Crippen molar-refractivity contribution in [1.29, 1.82) is 0 Å². The molecular weight excluding hydrogens is 384 g/mol. The molecule has 1 heterocycles. The van der Waals surface area contributed by atoms with E-state index in [-0.39, 0.29) is 0 Å². The maximum absolute atomic E-state index is 4.66. The van der Waals surface area contributed by atoms with Crippen LogP contribution in [0.2, 0.25) is 0 Å². The summed E-state index contributed by atoms with van der Waals surface area (Å²) in [5, 5.41) is 1.21. The summed E-state index contributed by atoms with van der Waals surface area (Å²) in [6.07, 6.45) is 4.18. The summed E-state index contributed by atoms with van der Waals surface area (Å²) in [7, 11) is 0. The highest BCUT2D eigenvalue weighted by atomic mass is 79.9. The Hall–Kier alpha value is -2.65. The molecule has 4 rings (SSSR count). The Morgan fingerprint density at radius 3 is 2.27 bits per heavy atom. The minimum atomic E-state index is 0.695. The predicted molar refractivity (Wildman–Crippen MR) is 113 cm³/mol. The summed E-state index contributed by atoms with van der Waals surface area (Å²) >= 11 is 3.59. The summed E-state index contributed by atoms with van der Waals surface area (Å²) < 4.78 is 3.38. The zero-order valence-corrected chi connectivity index (χ0v) is 15.9. The molecule has 1 aromatic heterocycles. The van der Waals surface area contributed by atoms with Gasteiger partial charge in [-0.25, -0.2) is 0 Å². The first kappa shape index (κ1) is 16.8. The summed E-state index contributed by atoms with van der Waals surface area (Å²) in [4.78, 5) is 4.66. The Morgan fingerprint density at radius 2 is 1.54 bits per heavy atom. The van der Waals surface area contributed by atoms with E-state index in [1.807, 2.05) is 24.4 Å². The van der Waals surface area contributed by atoms with Gasteiger partial charge in [-0.1, -0.05) is 76.6 Å². The summed E-state index contributed by atoms with van der Waals surface area (Å²) in [5.74, 6) is 0. The molecule has 4 aromatic rings. The number of benzene rings is 3. The van der Waals surface area contributed by atoms with Gasteiger partial charge >= 0.3 is 0 Å². The fourth-order valence-electron chi connectivity index (χ4n) is 3.14. The van der Waals surface area contributed by atoms with Gasteiger partial charge in [-0.05, 0) is 29.3 Å². The van der Waals surface area contributed by atoms with E-state index in [1.165, 1.54) is 22.0 Å². The number of aliphatic imine (C=N–C) groups is 1. The summed E-state index contributed by atoms with van der Waals surface area (Å²) in [5.41, 5.74) is 4.88. The Labute approximate surface area is 162 Å². The first-order valence-electron chi connectivity index (χ1n) is 8.66. The van der Waals surface area contributed by atoms with E-state index >= 15 is 0 Å². The van der Waals surface area contributed by atoms with Crippen molar-refractivity contribution in [2.24, 2.45) is 4.99 Å². The second kappa shape index (κ2) is 7.71. The van der Waals surface area contributed by atoms with E-state index in [9.17, 15) is 0 Å². The van der Waals surface area contributed by atoms with Crippen LogP contribution in [-0.4, -0.2) is 10.8 Å². The maximum Gasteiger partial charge on any atom is 0.0639 e. The fourth-order valence-corrected chi connectivity index (χ4v) is 3.50. The quantitative estimate of drug-likeness (QED) is 0.360. The Balaban J connectivity index is 1.66. The molecule has 0 unspecified atom stereocenters. The smallest absolute Gasteiger partial charge is 0.0639 e. The average molecular weight is 403 g/mol. The van der Waals surface area contributed by atoms with Crippen molar-refractivity contribution in [3.05, 3.63) is 106 Å². The third-order valence-electron chi connectivity index (χ3n) is 4.42. The van der Waals surface area contributed by atoms with Gasteiger partial charge in [0.1, 0.15) is 0 Å². The average Bonchev–Trinajstić information content (AvgIpc) is 3.00. The molecule has 0 bridgehead atoms. The van der Waals surface area contributed by atoms with Gasteiger partial charge in [0.2, 0.25) is 0 Å². The predicted octanol–water partition coefficient (Wildman–Crippen LogP) is 6.07. The van der Waals surface area contributed by atoms with Crippen LogP contribution in [0.1, 0.15) is 16.7 Å². The molecule has 3 aromatic carbocycles. The van der Waals surface area contributed by atoms with Crippen LogP contribution in [0.25, 0.3) is 10.9 Å². The molecule has 0 N–H and O–H groups in total. The van der Waals surface area contributed by atoms with Crippen molar-refractivity contribution in [3.63, 3.8) is 0 Å². The molecule has 0 aliphatic carbocycles. The van der Waals surface area contributed by atoms with E-state index in [0.29, 0.717) is 6.54 Å². The number of nitrogens with zero attached hydrogens (tertiary/aromatic N) is 2. The minimum Gasteiger partial charge on any atom is -0.342 e. The van der Waals surface area contributed by atoms with Gasteiger partial charge in [0.05, 0.1) is 6.54 Å². The monoisotopic (exact) mass is 402 g/mol. The summed E-state index contributed by atoms with van der Waals surface area (Å²) in [6.45, 7) is 1.55. The van der Waals surface area contributed by atoms with Crippen molar-refractivity contribution in [2.75, 3.05) is 0 Å². The molecule has 0 aliphatic heterocycles. The van der Waals surface area contributed by atoms with E-state index in [2.05, 4.69) is 92.3 Å². The number of halogens is 1. The molecule has 0 atom stereocenters. The van der Waals surface area contributed by atoms with E-state index in [1.54, 1.807) is 0 Å². The van der Waals surface area contributed by atoms with Crippen LogP contribution in [-0.2, 0) is 13.1 Å². The standard InChI is InChI=1S/C23H19BrN2/c24-21-11-12-23-22(13-21)20(15-25-14-18-7-3-1-4-8-18)17-26(23)16-19-9-5-2-6-10-19/h1-13,15,17H,14,16H2. The molecule has 2 nitrogen and oxygen atoms in total. The fraction of sp³-hybridized carbons (Fsp3) is 0.0870. The SMILES string of the molecule is Brc1ccc2c(c1)c(C=NCc1ccccc1)cn2Cc1ccccc1. The van der Waals surface area contributed by atoms with Crippen molar-refractivity contribution in [2.45, 2.75) is 13.1 Å². The first-order valence-corrected chi connectivity index (χ1v) is 9.45. The number of hydrogen-bond donors (Lipinski definition) is 0. The topological polar surface area (TPSA) is 17.3 Å². The molecular formula is C23H19BrN2. The van der Waals surface area contributed by atoms with Gasteiger partial charge in [-0.15, -0.1) is 0 Å². The maximum atomic E-state index is 4.66. The van der Waals surface area contributed by atoms with Gasteiger partial charge in [0.15, 0.2) is 0 Å². The largest absolute Gasteiger partial charge is 0.342 e. The normalized spacial score (nSPS) is 11.4. The van der Waals surface area contributed by atoms with Gasteiger partial charge < -0.3 is 4.57 Å². The van der Waals surface area contributed by atoms with Crippen LogP contribution in [0.5, 0.6) is 0 Å². The minimum absolute atomic E-state index is 0.695. The van der Waals surface area contributed by atoms with Crippen LogP contribution in [0.15, 0.2) is 94.5 Å². The molecule has 26 heavy (non-hydrogen) atoms. The van der Waals surface area contributed by atoms with Crippen molar-refractivity contribution < 1.29 is 0 Å². The number of rotatable bonds is 5. The molecule has 0 amide bonds. The van der Waals surface area contributed by atoms with Crippen molar-refractivity contribution in [1.82, 2.24) is 4.57 Å². The van der Waals surface area contributed by atoms with Gasteiger partial charge in [0.25, 0.3) is 0 Å². The van der Waals surface area contributed by atoms with Crippen LogP contribution >= 0.6 is 15.9 Å². The lowest BCUT2D eigenvalue weighted by Gasteiger charge is -2.05. The molecule has 0 spiro atoms. The lowest BCUT2D eigenvalue weighted by molar-refractivity contribution is 0.836. The van der Waals surface area contributed by atoms with Crippen LogP contribution < -0.4 is 0 Å². The molecule has 0 aliphatic rings. The Kier molecular flexibility index (Phi) is 4.98. The molecule has 0 saturated heterocycles. The van der Waals surface area contributed by atoms with E-state index < -0.39 is 0 Å². The van der Waals surface area contributed by atoms with Gasteiger partial charge in [-0.2, -0.15) is 0 Å². The third-order valence-corrected chi connectivity index (χ3v) is 4.91. The van der Waals surface area contributed by atoms with Crippen molar-refractivity contribution in [3.8, 4) is 0 Å². The molecule has 128 valence electrons. The van der Waals surface area contributed by atoms with E-state index in [4.69, 9.17) is 0 Å². The lowest BCUT2D eigenvalue weighted by atomic mass is 10.2. The molecule has 0 saturated carbocycles.